The van der Waals surface area contributed by atoms with Gasteiger partial charge in [-0.1, -0.05) is 0 Å². The van der Waals surface area contributed by atoms with Crippen molar-refractivity contribution in [3.05, 3.63) is 54.0 Å². The second-order valence-corrected chi connectivity index (χ2v) is 8.27. The van der Waals surface area contributed by atoms with Crippen LogP contribution >= 0.6 is 0 Å². The van der Waals surface area contributed by atoms with Crippen molar-refractivity contribution in [3.63, 3.8) is 0 Å². The Morgan fingerprint density at radius 1 is 1.09 bits per heavy atom. The van der Waals surface area contributed by atoms with Crippen LogP contribution in [0.15, 0.2) is 42.7 Å². The van der Waals surface area contributed by atoms with Crippen molar-refractivity contribution in [2.24, 2.45) is 0 Å². The van der Waals surface area contributed by atoms with Crippen LogP contribution in [0.4, 0.5) is 11.5 Å². The van der Waals surface area contributed by atoms with Crippen LogP contribution in [0.5, 0.6) is 11.6 Å². The molecule has 0 unspecified atom stereocenters. The van der Waals surface area contributed by atoms with E-state index in [1.807, 2.05) is 36.2 Å². The second-order valence-electron chi connectivity index (χ2n) is 8.27. The molecule has 2 aliphatic heterocycles. The van der Waals surface area contributed by atoms with Gasteiger partial charge in [-0.3, -0.25) is 9.78 Å². The number of hydrogen-bond donors (Lipinski definition) is 0. The van der Waals surface area contributed by atoms with Crippen LogP contribution in [0.3, 0.4) is 0 Å². The van der Waals surface area contributed by atoms with Crippen LogP contribution in [0, 0.1) is 0 Å². The second kappa shape index (κ2) is 9.85. The SMILES string of the molecule is COc1cc(-c2ccc3c(n2)CN(c2ccc(N(C)CCC4OCCO4)nc2)C3=O)cnc1OC. The van der Waals surface area contributed by atoms with E-state index in [-0.39, 0.29) is 12.2 Å². The topological polar surface area (TPSA) is 99.1 Å². The maximum atomic E-state index is 13.1. The number of ether oxygens (including phenoxy) is 4. The van der Waals surface area contributed by atoms with Gasteiger partial charge in [0, 0.05) is 31.8 Å². The number of fused-ring (bicyclic) bond motifs is 1. The molecule has 0 atom stereocenters. The smallest absolute Gasteiger partial charge is 0.260 e. The Labute approximate surface area is 203 Å². The lowest BCUT2D eigenvalue weighted by atomic mass is 10.1. The molecule has 0 spiro atoms. The Hall–Kier alpha value is -3.76. The molecule has 1 saturated heterocycles. The summed E-state index contributed by atoms with van der Waals surface area (Å²) in [6, 6.07) is 9.26. The van der Waals surface area contributed by atoms with E-state index in [1.54, 1.807) is 30.5 Å². The number of nitrogens with zero attached hydrogens (tertiary/aromatic N) is 5. The first-order chi connectivity index (χ1) is 17.1. The van der Waals surface area contributed by atoms with E-state index >= 15 is 0 Å². The van der Waals surface area contributed by atoms with Crippen molar-refractivity contribution < 1.29 is 23.7 Å². The fourth-order valence-corrected chi connectivity index (χ4v) is 4.18. The minimum Gasteiger partial charge on any atom is -0.491 e. The van der Waals surface area contributed by atoms with E-state index in [2.05, 4.69) is 9.97 Å². The molecule has 2 aliphatic rings. The lowest BCUT2D eigenvalue weighted by Crippen LogP contribution is -2.25. The van der Waals surface area contributed by atoms with Gasteiger partial charge in [-0.25, -0.2) is 9.97 Å². The minimum absolute atomic E-state index is 0.0945. The number of carbonyl (C=O) groups is 1. The molecule has 3 aromatic heterocycles. The fourth-order valence-electron chi connectivity index (χ4n) is 4.18. The summed E-state index contributed by atoms with van der Waals surface area (Å²) < 4.78 is 21.5. The van der Waals surface area contributed by atoms with Crippen LogP contribution in [0.2, 0.25) is 0 Å². The minimum atomic E-state index is -0.148. The monoisotopic (exact) mass is 477 g/mol. The lowest BCUT2D eigenvalue weighted by Gasteiger charge is -2.21. The van der Waals surface area contributed by atoms with Crippen molar-refractivity contribution in [1.82, 2.24) is 15.0 Å². The van der Waals surface area contributed by atoms with E-state index in [4.69, 9.17) is 23.9 Å². The first kappa shape index (κ1) is 23.0. The highest BCUT2D eigenvalue weighted by Crippen LogP contribution is 2.32. The molecule has 3 aromatic rings. The van der Waals surface area contributed by atoms with Gasteiger partial charge in [-0.2, -0.15) is 0 Å². The molecule has 0 radical (unpaired) electrons. The van der Waals surface area contributed by atoms with Gasteiger partial charge in [0.15, 0.2) is 12.0 Å². The largest absolute Gasteiger partial charge is 0.491 e. The van der Waals surface area contributed by atoms with Crippen LogP contribution in [-0.4, -0.2) is 68.2 Å². The lowest BCUT2D eigenvalue weighted by molar-refractivity contribution is -0.0447. The predicted molar refractivity (Wildman–Crippen MR) is 129 cm³/mol. The van der Waals surface area contributed by atoms with Gasteiger partial charge < -0.3 is 28.7 Å². The third-order valence-electron chi connectivity index (χ3n) is 6.11. The molecule has 10 nitrogen and oxygen atoms in total. The van der Waals surface area contributed by atoms with Crippen molar-refractivity contribution in [2.75, 3.05) is 50.8 Å². The summed E-state index contributed by atoms with van der Waals surface area (Å²) >= 11 is 0. The number of pyridine rings is 3. The molecule has 5 heterocycles. The number of anilines is 2. The van der Waals surface area contributed by atoms with Crippen molar-refractivity contribution in [1.29, 1.82) is 0 Å². The van der Waals surface area contributed by atoms with Crippen LogP contribution in [0.1, 0.15) is 22.5 Å². The van der Waals surface area contributed by atoms with E-state index in [0.29, 0.717) is 48.3 Å². The predicted octanol–water partition coefficient (Wildman–Crippen LogP) is 2.92. The normalized spacial score (nSPS) is 15.4. The van der Waals surface area contributed by atoms with Gasteiger partial charge in [0.2, 0.25) is 0 Å². The zero-order chi connectivity index (χ0) is 24.4. The molecule has 0 saturated carbocycles. The van der Waals surface area contributed by atoms with E-state index in [0.717, 1.165) is 30.0 Å². The molecular weight excluding hydrogens is 450 g/mol. The Kier molecular flexibility index (Phi) is 6.47. The van der Waals surface area contributed by atoms with Gasteiger partial charge in [-0.05, 0) is 30.3 Å². The molecular formula is C25H27N5O5. The van der Waals surface area contributed by atoms with Crippen LogP contribution in [-0.2, 0) is 16.0 Å². The van der Waals surface area contributed by atoms with Gasteiger partial charge >= 0.3 is 0 Å². The summed E-state index contributed by atoms with van der Waals surface area (Å²) in [5.74, 6) is 1.64. The molecule has 0 bridgehead atoms. The summed E-state index contributed by atoms with van der Waals surface area (Å²) in [5.41, 5.74) is 3.50. The average Bonchev–Trinajstić information content (AvgIpc) is 3.54. The van der Waals surface area contributed by atoms with Gasteiger partial charge in [-0.15, -0.1) is 0 Å². The van der Waals surface area contributed by atoms with Crippen LogP contribution in [0.25, 0.3) is 11.3 Å². The molecule has 182 valence electrons. The number of aromatic nitrogens is 3. The van der Waals surface area contributed by atoms with Gasteiger partial charge in [0.25, 0.3) is 11.8 Å². The third-order valence-corrected chi connectivity index (χ3v) is 6.11. The summed E-state index contributed by atoms with van der Waals surface area (Å²) in [6.07, 6.45) is 4.01. The first-order valence-electron chi connectivity index (χ1n) is 11.4. The average molecular weight is 478 g/mol. The highest BCUT2D eigenvalue weighted by Gasteiger charge is 2.30. The molecule has 35 heavy (non-hydrogen) atoms. The van der Waals surface area contributed by atoms with E-state index in [9.17, 15) is 4.79 Å². The summed E-state index contributed by atoms with van der Waals surface area (Å²) in [5, 5.41) is 0. The molecule has 0 aliphatic carbocycles. The number of rotatable bonds is 8. The number of hydrogen-bond acceptors (Lipinski definition) is 9. The molecule has 1 fully saturated rings. The maximum absolute atomic E-state index is 13.1. The molecule has 1 amide bonds. The summed E-state index contributed by atoms with van der Waals surface area (Å²) in [7, 11) is 5.08. The number of amides is 1. The molecule has 0 aromatic carbocycles. The van der Waals surface area contributed by atoms with Gasteiger partial charge in [0.05, 0.1) is 62.8 Å². The molecule has 10 heteroatoms. The van der Waals surface area contributed by atoms with E-state index < -0.39 is 0 Å². The molecule has 5 rings (SSSR count). The first-order valence-corrected chi connectivity index (χ1v) is 11.4. The van der Waals surface area contributed by atoms with E-state index in [1.165, 1.54) is 7.11 Å². The van der Waals surface area contributed by atoms with Crippen LogP contribution < -0.4 is 19.3 Å². The maximum Gasteiger partial charge on any atom is 0.260 e. The standard InChI is InChI=1S/C25H27N5O5/c1-29(9-8-23-34-10-11-35-23)22-7-4-17(14-26-22)30-15-20-18(25(30)31)5-6-19(28-20)16-12-21(32-2)24(33-3)27-13-16/h4-7,12-14,23H,8-11,15H2,1-3H3. The fraction of sp³-hybridized carbons (Fsp3) is 0.360. The Morgan fingerprint density at radius 3 is 2.63 bits per heavy atom. The zero-order valence-electron chi connectivity index (χ0n) is 19.9. The number of carbonyl (C=O) groups excluding carboxylic acids is 1. The van der Waals surface area contributed by atoms with Gasteiger partial charge in [0.1, 0.15) is 5.82 Å². The summed E-state index contributed by atoms with van der Waals surface area (Å²) in [6.45, 7) is 2.42. The summed E-state index contributed by atoms with van der Waals surface area (Å²) in [4.78, 5) is 30.4. The Balaban J connectivity index is 1.29. The van der Waals surface area contributed by atoms with Crippen molar-refractivity contribution in [2.45, 2.75) is 19.3 Å². The van der Waals surface area contributed by atoms with Crippen molar-refractivity contribution in [3.8, 4) is 22.9 Å². The third kappa shape index (κ3) is 4.62. The highest BCUT2D eigenvalue weighted by molar-refractivity contribution is 6.09. The number of methoxy groups -OCH3 is 2. The highest BCUT2D eigenvalue weighted by atomic mass is 16.7. The van der Waals surface area contributed by atoms with Crippen molar-refractivity contribution >= 4 is 17.4 Å². The Morgan fingerprint density at radius 2 is 1.91 bits per heavy atom. The Bertz CT molecular complexity index is 1210. The quantitative estimate of drug-likeness (QED) is 0.485. The zero-order valence-corrected chi connectivity index (χ0v) is 19.9. The molecule has 0 N–H and O–H groups in total.